The maximum atomic E-state index is 5.02. The summed E-state index contributed by atoms with van der Waals surface area (Å²) >= 11 is 0. The van der Waals surface area contributed by atoms with Crippen molar-refractivity contribution in [2.45, 2.75) is 67.2 Å². The molecule has 1 radical (unpaired) electrons. The van der Waals surface area contributed by atoms with Crippen molar-refractivity contribution >= 4 is 22.8 Å². The molecule has 191 valence electrons. The number of halogens is 3. The van der Waals surface area contributed by atoms with Gasteiger partial charge < -0.3 is 37.2 Å². The van der Waals surface area contributed by atoms with Gasteiger partial charge in [0.05, 0.1) is 34.2 Å². The third-order valence-corrected chi connectivity index (χ3v) is 5.98. The third-order valence-electron chi connectivity index (χ3n) is 5.98. The average Bonchev–Trinajstić information content (AvgIpc) is 2.84. The quantitative estimate of drug-likeness (QED) is 0.272. The summed E-state index contributed by atoms with van der Waals surface area (Å²) in [7, 11) is 0. The summed E-state index contributed by atoms with van der Waals surface area (Å²) < 4.78 is 0. The van der Waals surface area contributed by atoms with Crippen molar-refractivity contribution in [1.29, 1.82) is 0 Å². The Balaban J connectivity index is 0. The van der Waals surface area contributed by atoms with E-state index in [1.54, 1.807) is 0 Å². The molecule has 3 aromatic rings. The first-order valence-corrected chi connectivity index (χ1v) is 11.8. The van der Waals surface area contributed by atoms with Gasteiger partial charge >= 0.3 is 40.8 Å². The number of hydrogen-bond donors (Lipinski definition) is 0. The summed E-state index contributed by atoms with van der Waals surface area (Å²) in [6.45, 7) is 12.8. The molecular formula is C29H35Cl3N3Nd. The van der Waals surface area contributed by atoms with Gasteiger partial charge in [-0.3, -0.25) is 9.98 Å². The molecule has 0 saturated heterocycles. The Morgan fingerprint density at radius 3 is 1.11 bits per heavy atom. The molecule has 7 heteroatoms. The Kier molecular flexibility index (Phi) is 19.1. The summed E-state index contributed by atoms with van der Waals surface area (Å²) in [6, 6.07) is 19.1. The van der Waals surface area contributed by atoms with E-state index in [1.807, 2.05) is 26.0 Å². The largest absolute Gasteiger partial charge is 3.00 e. The van der Waals surface area contributed by atoms with Gasteiger partial charge in [0.15, 0.2) is 0 Å². The van der Waals surface area contributed by atoms with Crippen LogP contribution < -0.4 is 37.2 Å². The molecule has 0 atom stereocenters. The first-order valence-electron chi connectivity index (χ1n) is 11.8. The summed E-state index contributed by atoms with van der Waals surface area (Å²) in [6.07, 6.45) is 3.87. The second kappa shape index (κ2) is 18.4. The average molecular weight is 676 g/mol. The van der Waals surface area contributed by atoms with Gasteiger partial charge in [-0.25, -0.2) is 4.98 Å². The predicted octanol–water partition coefficient (Wildman–Crippen LogP) is -1.38. The van der Waals surface area contributed by atoms with Gasteiger partial charge in [-0.2, -0.15) is 0 Å². The Morgan fingerprint density at radius 2 is 0.833 bits per heavy atom. The minimum absolute atomic E-state index is 0. The van der Waals surface area contributed by atoms with Crippen LogP contribution in [-0.2, 0) is 25.7 Å². The fraction of sp³-hybridized carbons (Fsp3) is 0.345. The Labute approximate surface area is 268 Å². The zero-order valence-corrected chi connectivity index (χ0v) is 27.5. The van der Waals surface area contributed by atoms with E-state index in [9.17, 15) is 0 Å². The fourth-order valence-corrected chi connectivity index (χ4v) is 4.01. The minimum atomic E-state index is 0. The number of benzene rings is 2. The van der Waals surface area contributed by atoms with E-state index in [0.29, 0.717) is 0 Å². The summed E-state index contributed by atoms with van der Waals surface area (Å²) in [5, 5.41) is 0. The van der Waals surface area contributed by atoms with Gasteiger partial charge in [0.1, 0.15) is 0 Å². The van der Waals surface area contributed by atoms with Crippen molar-refractivity contribution in [3.63, 3.8) is 0 Å². The molecule has 0 aliphatic carbocycles. The van der Waals surface area contributed by atoms with Crippen LogP contribution in [-0.4, -0.2) is 16.4 Å². The minimum Gasteiger partial charge on any atom is -1.00 e. The summed E-state index contributed by atoms with van der Waals surface area (Å²) in [5.41, 5.74) is 10.9. The second-order valence-corrected chi connectivity index (χ2v) is 8.07. The van der Waals surface area contributed by atoms with Crippen LogP contribution in [0.15, 0.2) is 64.6 Å². The molecule has 3 nitrogen and oxygen atoms in total. The van der Waals surface area contributed by atoms with E-state index in [0.717, 1.165) is 59.9 Å². The van der Waals surface area contributed by atoms with Gasteiger partial charge in [-0.1, -0.05) is 70.2 Å². The molecule has 0 bridgehead atoms. The molecule has 0 fully saturated rings. The zero-order chi connectivity index (χ0) is 23.1. The molecule has 0 N–H and O–H groups in total. The zero-order valence-electron chi connectivity index (χ0n) is 22.0. The molecule has 1 aromatic heterocycles. The maximum absolute atomic E-state index is 5.02. The number of aliphatic imine (C=N–C) groups is 2. The smallest absolute Gasteiger partial charge is 1.00 e. The van der Waals surface area contributed by atoms with E-state index in [-0.39, 0.29) is 78.1 Å². The van der Waals surface area contributed by atoms with E-state index >= 15 is 0 Å². The number of aromatic nitrogens is 1. The number of aryl methyl sites for hydroxylation is 4. The van der Waals surface area contributed by atoms with Crippen LogP contribution in [0.3, 0.4) is 0 Å². The SMILES string of the molecule is CCc1cccc(CC)c1N=C(C)c1cccc(C(C)=Nc2c(CC)cccc2CC)n1.[Cl-].[Cl-].[Cl-].[Nd+3]. The Hall–Kier alpha value is -0.849. The van der Waals surface area contributed by atoms with Crippen LogP contribution in [0.1, 0.15) is 75.2 Å². The van der Waals surface area contributed by atoms with Gasteiger partial charge in [-0.15, -0.1) is 0 Å². The molecule has 0 spiro atoms. The molecule has 0 aliphatic rings. The van der Waals surface area contributed by atoms with Crippen LogP contribution in [0.2, 0.25) is 0 Å². The summed E-state index contributed by atoms with van der Waals surface area (Å²) in [5.74, 6) is 0. The topological polar surface area (TPSA) is 37.6 Å². The monoisotopic (exact) mass is 672 g/mol. The number of pyridine rings is 1. The first-order chi connectivity index (χ1) is 15.5. The van der Waals surface area contributed by atoms with Crippen LogP contribution in [0.5, 0.6) is 0 Å². The normalized spacial score (nSPS) is 10.9. The van der Waals surface area contributed by atoms with Crippen LogP contribution >= 0.6 is 0 Å². The first kappa shape index (κ1) is 37.3. The molecule has 0 saturated carbocycles. The van der Waals surface area contributed by atoms with E-state index in [2.05, 4.69) is 70.2 Å². The van der Waals surface area contributed by atoms with Gasteiger partial charge in [-0.05, 0) is 73.9 Å². The van der Waals surface area contributed by atoms with Crippen molar-refractivity contribution in [3.05, 3.63) is 88.2 Å². The van der Waals surface area contributed by atoms with E-state index in [1.165, 1.54) is 22.3 Å². The van der Waals surface area contributed by atoms with E-state index < -0.39 is 0 Å². The van der Waals surface area contributed by atoms with Crippen molar-refractivity contribution in [2.24, 2.45) is 9.98 Å². The van der Waals surface area contributed by atoms with Crippen LogP contribution in [0.25, 0.3) is 0 Å². The predicted molar refractivity (Wildman–Crippen MR) is 138 cm³/mol. The second-order valence-electron chi connectivity index (χ2n) is 8.07. The van der Waals surface area contributed by atoms with Crippen LogP contribution in [0.4, 0.5) is 11.4 Å². The molecule has 0 aliphatic heterocycles. The Bertz CT molecular complexity index is 1030. The Morgan fingerprint density at radius 1 is 0.556 bits per heavy atom. The molecule has 0 amide bonds. The number of hydrogen-bond acceptors (Lipinski definition) is 3. The molecule has 0 unspecified atom stereocenters. The summed E-state index contributed by atoms with van der Waals surface area (Å²) in [4.78, 5) is 15.0. The van der Waals surface area contributed by atoms with Crippen molar-refractivity contribution in [2.75, 3.05) is 0 Å². The molecule has 36 heavy (non-hydrogen) atoms. The van der Waals surface area contributed by atoms with Crippen molar-refractivity contribution in [3.8, 4) is 0 Å². The van der Waals surface area contributed by atoms with Gasteiger partial charge in [0.2, 0.25) is 0 Å². The maximum Gasteiger partial charge on any atom is 3.00 e. The molecular weight excluding hydrogens is 641 g/mol. The third kappa shape index (κ3) is 9.16. The molecule has 3 rings (SSSR count). The van der Waals surface area contributed by atoms with E-state index in [4.69, 9.17) is 15.0 Å². The number of nitrogens with zero attached hydrogens (tertiary/aromatic N) is 3. The standard InChI is InChI=1S/C29H35N3.3ClH.Nd/c1-7-22-14-11-15-23(8-2)28(22)30-20(5)26-18-13-19-27(32-26)21(6)31-29-24(9-3)16-12-17-25(29)10-4;;;;/h11-19H,7-10H2,1-6H3;3*1H;/q;;;;+3/p-3. The van der Waals surface area contributed by atoms with Crippen LogP contribution in [0, 0.1) is 40.8 Å². The fourth-order valence-electron chi connectivity index (χ4n) is 4.01. The number of para-hydroxylation sites is 2. The van der Waals surface area contributed by atoms with Crippen molar-refractivity contribution in [1.82, 2.24) is 4.98 Å². The van der Waals surface area contributed by atoms with Gasteiger partial charge in [0.25, 0.3) is 0 Å². The molecule has 1 heterocycles. The number of rotatable bonds is 8. The van der Waals surface area contributed by atoms with Gasteiger partial charge in [0, 0.05) is 0 Å². The molecule has 2 aromatic carbocycles. The van der Waals surface area contributed by atoms with Crippen molar-refractivity contribution < 1.29 is 78.1 Å².